The first-order valence-electron chi connectivity index (χ1n) is 15.8. The van der Waals surface area contributed by atoms with E-state index in [2.05, 4.69) is 122 Å². The third-order valence-corrected chi connectivity index (χ3v) is 18.8. The lowest BCUT2D eigenvalue weighted by Gasteiger charge is -2.44. The summed E-state index contributed by atoms with van der Waals surface area (Å²) in [6.07, 6.45) is 5.72. The smallest absolute Gasteiger partial charge is 0.261 e. The Balaban J connectivity index is 1.59. The van der Waals surface area contributed by atoms with Gasteiger partial charge >= 0.3 is 0 Å². The minimum atomic E-state index is -2.51. The Morgan fingerprint density at radius 3 is 1.76 bits per heavy atom. The number of hydrogen-bond acceptors (Lipinski definition) is 4. The molecule has 1 saturated heterocycles. The minimum absolute atomic E-state index is 0.00191. The van der Waals surface area contributed by atoms with Gasteiger partial charge in [0.1, 0.15) is 6.10 Å². The van der Waals surface area contributed by atoms with Gasteiger partial charge in [0.05, 0.1) is 12.7 Å². The zero-order valence-electron chi connectivity index (χ0n) is 27.9. The maximum atomic E-state index is 7.27. The number of benzene rings is 2. The molecule has 6 heteroatoms. The summed E-state index contributed by atoms with van der Waals surface area (Å²) in [7, 11) is -4.35. The molecule has 41 heavy (non-hydrogen) atoms. The van der Waals surface area contributed by atoms with Gasteiger partial charge in [0.15, 0.2) is 14.1 Å². The van der Waals surface area contributed by atoms with E-state index >= 15 is 0 Å². The van der Waals surface area contributed by atoms with E-state index in [0.29, 0.717) is 6.61 Å². The van der Waals surface area contributed by atoms with Crippen LogP contribution >= 0.6 is 0 Å². The molecule has 2 aromatic rings. The SMILES string of the molecule is C[C@H](CCCCC[C@@H]1OC(C)(C)O[C@@H]1CO[Si](C)(C)C(C)(C)C)O[Si](c1ccccc1)(c1ccccc1)C(C)(C)C. The summed E-state index contributed by atoms with van der Waals surface area (Å²) in [6.45, 7) is 25.4. The fourth-order valence-electron chi connectivity index (χ4n) is 5.81. The predicted octanol–water partition coefficient (Wildman–Crippen LogP) is 8.44. The Hall–Kier alpha value is -1.29. The molecule has 1 heterocycles. The zero-order chi connectivity index (χ0) is 30.5. The first-order valence-corrected chi connectivity index (χ1v) is 20.6. The third kappa shape index (κ3) is 8.64. The van der Waals surface area contributed by atoms with E-state index in [1.165, 1.54) is 10.4 Å². The van der Waals surface area contributed by atoms with Crippen LogP contribution in [0, 0.1) is 0 Å². The van der Waals surface area contributed by atoms with Crippen molar-refractivity contribution in [1.82, 2.24) is 0 Å². The Morgan fingerprint density at radius 1 is 0.756 bits per heavy atom. The molecule has 3 rings (SSSR count). The monoisotopic (exact) mass is 598 g/mol. The van der Waals surface area contributed by atoms with Crippen LogP contribution in [0.5, 0.6) is 0 Å². The Morgan fingerprint density at radius 2 is 1.27 bits per heavy atom. The number of ether oxygens (including phenoxy) is 2. The van der Waals surface area contributed by atoms with Crippen LogP contribution in [0.1, 0.15) is 94.4 Å². The first-order chi connectivity index (χ1) is 19.0. The van der Waals surface area contributed by atoms with Crippen molar-refractivity contribution in [3.63, 3.8) is 0 Å². The van der Waals surface area contributed by atoms with Crippen molar-refractivity contribution in [3.05, 3.63) is 60.7 Å². The lowest BCUT2D eigenvalue weighted by atomic mass is 10.0. The van der Waals surface area contributed by atoms with Gasteiger partial charge in [-0.25, -0.2) is 0 Å². The van der Waals surface area contributed by atoms with Crippen LogP contribution in [-0.4, -0.2) is 47.3 Å². The topological polar surface area (TPSA) is 36.9 Å². The summed E-state index contributed by atoms with van der Waals surface area (Å²) in [6, 6.07) is 21.9. The largest absolute Gasteiger partial charge is 0.414 e. The Labute approximate surface area is 253 Å². The van der Waals surface area contributed by atoms with Gasteiger partial charge in [0.2, 0.25) is 0 Å². The molecule has 1 aliphatic rings. The van der Waals surface area contributed by atoms with Gasteiger partial charge in [-0.15, -0.1) is 0 Å². The molecule has 0 radical (unpaired) electrons. The van der Waals surface area contributed by atoms with Gasteiger partial charge in [0.25, 0.3) is 8.32 Å². The molecule has 0 bridgehead atoms. The van der Waals surface area contributed by atoms with Crippen molar-refractivity contribution in [1.29, 1.82) is 0 Å². The molecule has 0 aromatic heterocycles. The second-order valence-electron chi connectivity index (χ2n) is 15.0. The van der Waals surface area contributed by atoms with E-state index in [9.17, 15) is 0 Å². The van der Waals surface area contributed by atoms with Gasteiger partial charge in [-0.3, -0.25) is 0 Å². The normalized spacial score (nSPS) is 20.8. The molecule has 1 aliphatic heterocycles. The Kier molecular flexibility index (Phi) is 11.3. The van der Waals surface area contributed by atoms with Crippen LogP contribution in [0.15, 0.2) is 60.7 Å². The van der Waals surface area contributed by atoms with Crippen LogP contribution in [-0.2, 0) is 18.3 Å². The molecule has 0 saturated carbocycles. The van der Waals surface area contributed by atoms with E-state index in [0.717, 1.165) is 32.1 Å². The van der Waals surface area contributed by atoms with Gasteiger partial charge in [-0.1, -0.05) is 121 Å². The first kappa shape index (κ1) is 34.2. The molecular formula is C35H58O4Si2. The Bertz CT molecular complexity index is 1020. The van der Waals surface area contributed by atoms with Crippen molar-refractivity contribution in [2.24, 2.45) is 0 Å². The van der Waals surface area contributed by atoms with Crippen LogP contribution in [0.4, 0.5) is 0 Å². The van der Waals surface area contributed by atoms with E-state index < -0.39 is 22.4 Å². The molecule has 0 aliphatic carbocycles. The van der Waals surface area contributed by atoms with E-state index in [-0.39, 0.29) is 28.4 Å². The molecule has 0 spiro atoms. The van der Waals surface area contributed by atoms with Crippen molar-refractivity contribution in [3.8, 4) is 0 Å². The second-order valence-corrected chi connectivity index (χ2v) is 24.1. The summed E-state index contributed by atoms with van der Waals surface area (Å²) >= 11 is 0. The van der Waals surface area contributed by atoms with Gasteiger partial charge in [-0.05, 0) is 67.2 Å². The average molecular weight is 599 g/mol. The molecule has 3 atom stereocenters. The molecule has 1 fully saturated rings. The van der Waals surface area contributed by atoms with Crippen LogP contribution < -0.4 is 10.4 Å². The minimum Gasteiger partial charge on any atom is -0.414 e. The summed E-state index contributed by atoms with van der Waals surface area (Å²) in [5.41, 5.74) is 0. The average Bonchev–Trinajstić information content (AvgIpc) is 3.18. The van der Waals surface area contributed by atoms with Gasteiger partial charge in [0, 0.05) is 6.10 Å². The van der Waals surface area contributed by atoms with Crippen LogP contribution in [0.2, 0.25) is 23.2 Å². The van der Waals surface area contributed by atoms with E-state index in [1.54, 1.807) is 0 Å². The van der Waals surface area contributed by atoms with Crippen molar-refractivity contribution in [2.75, 3.05) is 6.61 Å². The summed E-state index contributed by atoms with van der Waals surface area (Å²) in [4.78, 5) is 0. The maximum Gasteiger partial charge on any atom is 0.261 e. The predicted molar refractivity (Wildman–Crippen MR) is 178 cm³/mol. The fourth-order valence-corrected chi connectivity index (χ4v) is 11.6. The highest BCUT2D eigenvalue weighted by Gasteiger charge is 2.51. The standard InChI is InChI=1S/C35H58O4Si2/c1-28(39-41(34(5,6)7,29-22-16-13-17-23-29)30-24-18-14-19-25-30)21-15-12-20-26-31-32(38-35(8,9)37-31)27-36-40(10,11)33(2,3)4/h13-14,16-19,22-25,28,31-32H,12,15,20-21,26-27H2,1-11H3/t28-,31+,32-/m1/s1. The zero-order valence-corrected chi connectivity index (χ0v) is 29.9. The highest BCUT2D eigenvalue weighted by molar-refractivity contribution is 6.99. The van der Waals surface area contributed by atoms with Crippen molar-refractivity contribution >= 4 is 27.0 Å². The fraction of sp³-hybridized carbons (Fsp3) is 0.657. The number of hydrogen-bond donors (Lipinski definition) is 0. The summed E-state index contributed by atoms with van der Waals surface area (Å²) in [5, 5.41) is 2.87. The highest BCUT2D eigenvalue weighted by atomic mass is 28.4. The van der Waals surface area contributed by atoms with Gasteiger partial charge < -0.3 is 18.3 Å². The number of unbranched alkanes of at least 4 members (excludes halogenated alkanes) is 2. The lowest BCUT2D eigenvalue weighted by molar-refractivity contribution is -0.149. The molecular weight excluding hydrogens is 541 g/mol. The van der Waals surface area contributed by atoms with Crippen molar-refractivity contribution < 1.29 is 18.3 Å². The molecule has 0 N–H and O–H groups in total. The summed E-state index contributed by atoms with van der Waals surface area (Å²) in [5.74, 6) is -0.551. The maximum absolute atomic E-state index is 7.27. The van der Waals surface area contributed by atoms with Crippen LogP contribution in [0.25, 0.3) is 0 Å². The highest BCUT2D eigenvalue weighted by Crippen LogP contribution is 2.39. The second kappa shape index (κ2) is 13.6. The van der Waals surface area contributed by atoms with E-state index in [4.69, 9.17) is 18.3 Å². The third-order valence-electron chi connectivity index (χ3n) is 9.09. The molecule has 0 amide bonds. The quantitative estimate of drug-likeness (QED) is 0.171. The van der Waals surface area contributed by atoms with Gasteiger partial charge in [-0.2, -0.15) is 0 Å². The van der Waals surface area contributed by atoms with E-state index in [1.807, 2.05) is 13.8 Å². The number of rotatable bonds is 13. The molecule has 230 valence electrons. The molecule has 2 aromatic carbocycles. The molecule has 0 unspecified atom stereocenters. The lowest BCUT2D eigenvalue weighted by Crippen LogP contribution is -2.67. The van der Waals surface area contributed by atoms with Crippen LogP contribution in [0.3, 0.4) is 0 Å². The molecule has 4 nitrogen and oxygen atoms in total. The summed E-state index contributed by atoms with van der Waals surface area (Å²) < 4.78 is 26.4. The van der Waals surface area contributed by atoms with Crippen molar-refractivity contribution in [2.45, 2.75) is 142 Å².